The number of hydrogen-bond acceptors (Lipinski definition) is 6. The number of likely N-dealkylation sites (tertiary alicyclic amines) is 2. The molecule has 1 aromatic carbocycles. The van der Waals surface area contributed by atoms with Gasteiger partial charge in [-0.1, -0.05) is 12.1 Å². The molecule has 0 saturated carbocycles. The summed E-state index contributed by atoms with van der Waals surface area (Å²) in [5, 5.41) is 0. The van der Waals surface area contributed by atoms with E-state index in [2.05, 4.69) is 31.9 Å². The highest BCUT2D eigenvalue weighted by Crippen LogP contribution is 2.58. The van der Waals surface area contributed by atoms with Crippen LogP contribution >= 0.6 is 0 Å². The quantitative estimate of drug-likeness (QED) is 0.756. The standard InChI is InChI=1S/C24H31N5O2/c1-27-13-10-24(21(27)30)18-29(22-25-11-3-12-26-22)17-23(24)8-14-28(15-9-23)16-19-4-6-20(31-2)7-5-19/h3-7,11-12H,8-10,13-18H2,1-2H3. The number of hydrogen-bond donors (Lipinski definition) is 0. The lowest BCUT2D eigenvalue weighted by atomic mass is 9.60. The molecule has 2 spiro atoms. The van der Waals surface area contributed by atoms with Crippen molar-refractivity contribution in [3.05, 3.63) is 48.3 Å². The van der Waals surface area contributed by atoms with E-state index in [-0.39, 0.29) is 10.8 Å². The van der Waals surface area contributed by atoms with E-state index in [0.717, 1.165) is 70.2 Å². The highest BCUT2D eigenvalue weighted by molar-refractivity contribution is 5.87. The van der Waals surface area contributed by atoms with E-state index in [0.29, 0.717) is 5.91 Å². The Morgan fingerprint density at radius 1 is 1.00 bits per heavy atom. The van der Waals surface area contributed by atoms with Crippen molar-refractivity contribution in [2.75, 3.05) is 51.8 Å². The summed E-state index contributed by atoms with van der Waals surface area (Å²) in [4.78, 5) is 29.1. The number of amides is 1. The summed E-state index contributed by atoms with van der Waals surface area (Å²) in [5.41, 5.74) is 0.978. The predicted molar refractivity (Wildman–Crippen MR) is 119 cm³/mol. The number of ether oxygens (including phenoxy) is 1. The van der Waals surface area contributed by atoms with Crippen LogP contribution in [0.3, 0.4) is 0 Å². The summed E-state index contributed by atoms with van der Waals surface area (Å²) in [6, 6.07) is 10.2. The fraction of sp³-hybridized carbons (Fsp3) is 0.542. The third kappa shape index (κ3) is 3.35. The van der Waals surface area contributed by atoms with Crippen LogP contribution in [0.4, 0.5) is 5.95 Å². The smallest absolute Gasteiger partial charge is 0.231 e. The molecule has 7 heteroatoms. The van der Waals surface area contributed by atoms with E-state index in [9.17, 15) is 4.79 Å². The molecule has 164 valence electrons. The number of anilines is 1. The van der Waals surface area contributed by atoms with Gasteiger partial charge < -0.3 is 14.5 Å². The van der Waals surface area contributed by atoms with Gasteiger partial charge in [0.05, 0.1) is 12.5 Å². The van der Waals surface area contributed by atoms with E-state index < -0.39 is 0 Å². The van der Waals surface area contributed by atoms with Crippen LogP contribution in [-0.2, 0) is 11.3 Å². The minimum absolute atomic E-state index is 0.00947. The first-order chi connectivity index (χ1) is 15.1. The predicted octanol–water partition coefficient (Wildman–Crippen LogP) is 2.44. The average molecular weight is 422 g/mol. The van der Waals surface area contributed by atoms with Gasteiger partial charge in [0.1, 0.15) is 5.75 Å². The van der Waals surface area contributed by atoms with Crippen LogP contribution in [0.2, 0.25) is 0 Å². The largest absolute Gasteiger partial charge is 0.497 e. The first-order valence-corrected chi connectivity index (χ1v) is 11.2. The summed E-state index contributed by atoms with van der Waals surface area (Å²) in [6.07, 6.45) is 6.59. The van der Waals surface area contributed by atoms with Crippen molar-refractivity contribution in [1.82, 2.24) is 19.8 Å². The Kier molecular flexibility index (Phi) is 5.08. The molecule has 0 N–H and O–H groups in total. The number of nitrogens with zero attached hydrogens (tertiary/aromatic N) is 5. The van der Waals surface area contributed by atoms with E-state index >= 15 is 0 Å². The fourth-order valence-electron chi connectivity index (χ4n) is 6.00. The Hall–Kier alpha value is -2.67. The van der Waals surface area contributed by atoms with Crippen molar-refractivity contribution in [1.29, 1.82) is 0 Å². The van der Waals surface area contributed by atoms with Crippen molar-refractivity contribution in [3.8, 4) is 5.75 Å². The number of fused-ring (bicyclic) bond motifs is 1. The number of benzene rings is 1. The molecule has 0 aliphatic carbocycles. The maximum atomic E-state index is 13.4. The first kappa shape index (κ1) is 20.2. The van der Waals surface area contributed by atoms with Gasteiger partial charge in [0, 0.05) is 51.0 Å². The minimum atomic E-state index is -0.312. The summed E-state index contributed by atoms with van der Waals surface area (Å²) < 4.78 is 5.28. The lowest BCUT2D eigenvalue weighted by Crippen LogP contribution is -2.52. The zero-order valence-corrected chi connectivity index (χ0v) is 18.5. The molecule has 0 radical (unpaired) electrons. The lowest BCUT2D eigenvalue weighted by molar-refractivity contribution is -0.141. The molecule has 3 fully saturated rings. The molecule has 1 atom stereocenters. The van der Waals surface area contributed by atoms with Crippen LogP contribution in [0.5, 0.6) is 5.75 Å². The SMILES string of the molecule is COc1ccc(CN2CCC3(CC2)CN(c2ncccn2)CC32CCN(C)C2=O)cc1. The molecule has 0 bridgehead atoms. The lowest BCUT2D eigenvalue weighted by Gasteiger charge is -2.46. The summed E-state index contributed by atoms with van der Waals surface area (Å²) in [5.74, 6) is 1.96. The van der Waals surface area contributed by atoms with Crippen molar-refractivity contribution in [2.45, 2.75) is 25.8 Å². The van der Waals surface area contributed by atoms with Crippen LogP contribution in [0.1, 0.15) is 24.8 Å². The second-order valence-corrected chi connectivity index (χ2v) is 9.37. The van der Waals surface area contributed by atoms with E-state index in [4.69, 9.17) is 4.74 Å². The molecule has 1 unspecified atom stereocenters. The third-order valence-electron chi connectivity index (χ3n) is 7.81. The Balaban J connectivity index is 1.35. The summed E-state index contributed by atoms with van der Waals surface area (Å²) in [7, 11) is 3.65. The first-order valence-electron chi connectivity index (χ1n) is 11.2. The second kappa shape index (κ2) is 7.79. The molecular weight excluding hydrogens is 390 g/mol. The number of rotatable bonds is 4. The maximum absolute atomic E-state index is 13.4. The van der Waals surface area contributed by atoms with Gasteiger partial charge in [-0.2, -0.15) is 0 Å². The minimum Gasteiger partial charge on any atom is -0.497 e. The molecule has 1 aromatic heterocycles. The van der Waals surface area contributed by atoms with Gasteiger partial charge in [-0.3, -0.25) is 9.69 Å². The van der Waals surface area contributed by atoms with Crippen molar-refractivity contribution in [2.24, 2.45) is 10.8 Å². The Labute approximate surface area is 184 Å². The fourth-order valence-corrected chi connectivity index (χ4v) is 6.00. The van der Waals surface area contributed by atoms with Crippen LogP contribution in [0.15, 0.2) is 42.7 Å². The molecule has 7 nitrogen and oxygen atoms in total. The number of methoxy groups -OCH3 is 1. The molecule has 2 aromatic rings. The highest BCUT2D eigenvalue weighted by atomic mass is 16.5. The maximum Gasteiger partial charge on any atom is 0.231 e. The number of carbonyl (C=O) groups excluding carboxylic acids is 1. The second-order valence-electron chi connectivity index (χ2n) is 9.37. The molecule has 3 aliphatic heterocycles. The molecular formula is C24H31N5O2. The molecule has 3 saturated heterocycles. The molecule has 5 rings (SSSR count). The number of piperidine rings is 1. The Bertz CT molecular complexity index is 927. The average Bonchev–Trinajstić information content (AvgIpc) is 3.29. The highest BCUT2D eigenvalue weighted by Gasteiger charge is 2.65. The van der Waals surface area contributed by atoms with Gasteiger partial charge in [-0.15, -0.1) is 0 Å². The zero-order chi connectivity index (χ0) is 21.5. The van der Waals surface area contributed by atoms with Crippen molar-refractivity contribution in [3.63, 3.8) is 0 Å². The number of aromatic nitrogens is 2. The monoisotopic (exact) mass is 421 g/mol. The van der Waals surface area contributed by atoms with Gasteiger partial charge in [0.2, 0.25) is 11.9 Å². The van der Waals surface area contributed by atoms with Crippen molar-refractivity contribution >= 4 is 11.9 Å². The molecule has 1 amide bonds. The van der Waals surface area contributed by atoms with Gasteiger partial charge in [-0.05, 0) is 56.1 Å². The van der Waals surface area contributed by atoms with E-state index in [1.54, 1.807) is 19.5 Å². The third-order valence-corrected chi connectivity index (χ3v) is 7.81. The summed E-state index contributed by atoms with van der Waals surface area (Å²) in [6.45, 7) is 5.40. The zero-order valence-electron chi connectivity index (χ0n) is 18.5. The van der Waals surface area contributed by atoms with Crippen LogP contribution in [0, 0.1) is 10.8 Å². The van der Waals surface area contributed by atoms with Gasteiger partial charge in [0.15, 0.2) is 0 Å². The van der Waals surface area contributed by atoms with E-state index in [1.807, 2.05) is 30.1 Å². The molecule has 3 aliphatic rings. The van der Waals surface area contributed by atoms with Gasteiger partial charge >= 0.3 is 0 Å². The number of carbonyl (C=O) groups is 1. The molecule has 31 heavy (non-hydrogen) atoms. The topological polar surface area (TPSA) is 61.8 Å². The summed E-state index contributed by atoms with van der Waals surface area (Å²) >= 11 is 0. The van der Waals surface area contributed by atoms with Gasteiger partial charge in [0.25, 0.3) is 0 Å². The van der Waals surface area contributed by atoms with Crippen LogP contribution < -0.4 is 9.64 Å². The van der Waals surface area contributed by atoms with Crippen LogP contribution in [-0.4, -0.2) is 72.6 Å². The molecule has 4 heterocycles. The van der Waals surface area contributed by atoms with Crippen molar-refractivity contribution < 1.29 is 9.53 Å². The van der Waals surface area contributed by atoms with E-state index in [1.165, 1.54) is 5.56 Å². The normalized spacial score (nSPS) is 25.7. The van der Waals surface area contributed by atoms with Crippen LogP contribution in [0.25, 0.3) is 0 Å². The Morgan fingerprint density at radius 3 is 2.32 bits per heavy atom. The van der Waals surface area contributed by atoms with Gasteiger partial charge in [-0.25, -0.2) is 9.97 Å². The Morgan fingerprint density at radius 2 is 1.71 bits per heavy atom.